The number of aromatic amines is 1. The van der Waals surface area contributed by atoms with Gasteiger partial charge in [0.05, 0.1) is 5.69 Å². The standard InChI is InChI=1S/C14H15FN2O/c1-4-12-16-13(9(3)14(18)17-12)10-6-5-8(2)11(15)7-10/h5-7H,4H2,1-3H3,(H,16,17,18). The molecule has 0 radical (unpaired) electrons. The van der Waals surface area contributed by atoms with Gasteiger partial charge < -0.3 is 4.98 Å². The molecular formula is C14H15FN2O. The number of aryl methyl sites for hydroxylation is 2. The summed E-state index contributed by atoms with van der Waals surface area (Å²) in [6.07, 6.45) is 0.636. The third-order valence-electron chi connectivity index (χ3n) is 2.98. The third-order valence-corrected chi connectivity index (χ3v) is 2.98. The molecule has 0 unspecified atom stereocenters. The SMILES string of the molecule is CCc1nc(-c2ccc(C)c(F)c2)c(C)c(=O)[nH]1. The van der Waals surface area contributed by atoms with Crippen LogP contribution in [-0.4, -0.2) is 9.97 Å². The van der Waals surface area contributed by atoms with Gasteiger partial charge in [0.1, 0.15) is 11.6 Å². The third kappa shape index (κ3) is 2.18. The van der Waals surface area contributed by atoms with Crippen molar-refractivity contribution in [1.29, 1.82) is 0 Å². The van der Waals surface area contributed by atoms with Gasteiger partial charge in [0.25, 0.3) is 5.56 Å². The molecule has 1 N–H and O–H groups in total. The van der Waals surface area contributed by atoms with E-state index in [2.05, 4.69) is 9.97 Å². The molecule has 4 heteroatoms. The van der Waals surface area contributed by atoms with E-state index in [0.717, 1.165) is 0 Å². The Balaban J connectivity index is 2.66. The van der Waals surface area contributed by atoms with E-state index in [1.54, 1.807) is 26.0 Å². The number of hydrogen-bond acceptors (Lipinski definition) is 2. The molecule has 1 heterocycles. The minimum Gasteiger partial charge on any atom is -0.310 e. The van der Waals surface area contributed by atoms with Crippen LogP contribution in [0, 0.1) is 19.7 Å². The number of nitrogens with one attached hydrogen (secondary N) is 1. The van der Waals surface area contributed by atoms with Gasteiger partial charge in [-0.25, -0.2) is 9.37 Å². The lowest BCUT2D eigenvalue weighted by atomic mass is 10.1. The fraction of sp³-hybridized carbons (Fsp3) is 0.286. The zero-order chi connectivity index (χ0) is 13.3. The van der Waals surface area contributed by atoms with E-state index in [-0.39, 0.29) is 11.4 Å². The molecule has 0 aliphatic carbocycles. The summed E-state index contributed by atoms with van der Waals surface area (Å²) in [5.74, 6) is 0.327. The lowest BCUT2D eigenvalue weighted by Crippen LogP contribution is -2.15. The van der Waals surface area contributed by atoms with Gasteiger partial charge in [0, 0.05) is 17.5 Å². The van der Waals surface area contributed by atoms with Gasteiger partial charge in [-0.05, 0) is 25.5 Å². The zero-order valence-corrected chi connectivity index (χ0v) is 10.7. The topological polar surface area (TPSA) is 45.8 Å². The molecular weight excluding hydrogens is 231 g/mol. The van der Waals surface area contributed by atoms with Crippen molar-refractivity contribution in [3.63, 3.8) is 0 Å². The minimum absolute atomic E-state index is 0.169. The van der Waals surface area contributed by atoms with Crippen molar-refractivity contribution < 1.29 is 4.39 Å². The van der Waals surface area contributed by atoms with Crippen molar-refractivity contribution in [3.05, 3.63) is 51.3 Å². The maximum atomic E-state index is 13.6. The fourth-order valence-electron chi connectivity index (χ4n) is 1.77. The Kier molecular flexibility index (Phi) is 3.28. The average molecular weight is 246 g/mol. The lowest BCUT2D eigenvalue weighted by Gasteiger charge is -2.07. The van der Waals surface area contributed by atoms with Gasteiger partial charge in [0.15, 0.2) is 0 Å². The van der Waals surface area contributed by atoms with Crippen LogP contribution in [0.25, 0.3) is 11.3 Å². The number of H-pyrrole nitrogens is 1. The Morgan fingerprint density at radius 2 is 2.06 bits per heavy atom. The summed E-state index contributed by atoms with van der Waals surface area (Å²) in [5, 5.41) is 0. The van der Waals surface area contributed by atoms with Crippen molar-refractivity contribution in [2.75, 3.05) is 0 Å². The monoisotopic (exact) mass is 246 g/mol. The van der Waals surface area contributed by atoms with Crippen molar-refractivity contribution in [2.24, 2.45) is 0 Å². The average Bonchev–Trinajstić information content (AvgIpc) is 2.36. The van der Waals surface area contributed by atoms with Gasteiger partial charge in [0.2, 0.25) is 0 Å². The van der Waals surface area contributed by atoms with Crippen LogP contribution in [0.1, 0.15) is 23.9 Å². The predicted molar refractivity (Wildman–Crippen MR) is 69.1 cm³/mol. The van der Waals surface area contributed by atoms with Crippen LogP contribution in [0.2, 0.25) is 0 Å². The first-order valence-corrected chi connectivity index (χ1v) is 5.89. The molecule has 94 valence electrons. The normalized spacial score (nSPS) is 10.7. The van der Waals surface area contributed by atoms with Crippen molar-refractivity contribution in [3.8, 4) is 11.3 Å². The Bertz CT molecular complexity index is 647. The molecule has 18 heavy (non-hydrogen) atoms. The first-order chi connectivity index (χ1) is 8.52. The van der Waals surface area contributed by atoms with E-state index >= 15 is 0 Å². The molecule has 0 spiro atoms. The van der Waals surface area contributed by atoms with Crippen molar-refractivity contribution in [1.82, 2.24) is 9.97 Å². The molecule has 0 aliphatic rings. The highest BCUT2D eigenvalue weighted by Gasteiger charge is 2.10. The summed E-state index contributed by atoms with van der Waals surface area (Å²) in [6, 6.07) is 4.90. The second-order valence-corrected chi connectivity index (χ2v) is 4.30. The Morgan fingerprint density at radius 1 is 1.33 bits per heavy atom. The van der Waals surface area contributed by atoms with Crippen LogP contribution < -0.4 is 5.56 Å². The van der Waals surface area contributed by atoms with Crippen molar-refractivity contribution in [2.45, 2.75) is 27.2 Å². The summed E-state index contributed by atoms with van der Waals surface area (Å²) >= 11 is 0. The number of aromatic nitrogens is 2. The molecule has 0 aliphatic heterocycles. The van der Waals surface area contributed by atoms with Crippen LogP contribution in [0.15, 0.2) is 23.0 Å². The lowest BCUT2D eigenvalue weighted by molar-refractivity contribution is 0.619. The highest BCUT2D eigenvalue weighted by atomic mass is 19.1. The Morgan fingerprint density at radius 3 is 2.67 bits per heavy atom. The number of rotatable bonds is 2. The molecule has 0 amide bonds. The first-order valence-electron chi connectivity index (χ1n) is 5.89. The second kappa shape index (κ2) is 4.72. The summed E-state index contributed by atoms with van der Waals surface area (Å²) in [7, 11) is 0. The summed E-state index contributed by atoms with van der Waals surface area (Å²) < 4.78 is 13.6. The molecule has 0 fully saturated rings. The van der Waals surface area contributed by atoms with Crippen molar-refractivity contribution >= 4 is 0 Å². The Hall–Kier alpha value is -1.97. The molecule has 0 saturated carbocycles. The predicted octanol–water partition coefficient (Wildman–Crippen LogP) is 2.76. The van der Waals surface area contributed by atoms with E-state index in [4.69, 9.17) is 0 Å². The molecule has 1 aromatic heterocycles. The number of hydrogen-bond donors (Lipinski definition) is 1. The smallest absolute Gasteiger partial charge is 0.254 e. The number of nitrogens with zero attached hydrogens (tertiary/aromatic N) is 1. The molecule has 3 nitrogen and oxygen atoms in total. The molecule has 0 atom stereocenters. The molecule has 2 rings (SSSR count). The highest BCUT2D eigenvalue weighted by Crippen LogP contribution is 2.21. The van der Waals surface area contributed by atoms with E-state index in [0.29, 0.717) is 34.6 Å². The quantitative estimate of drug-likeness (QED) is 0.885. The van der Waals surface area contributed by atoms with Gasteiger partial charge >= 0.3 is 0 Å². The zero-order valence-electron chi connectivity index (χ0n) is 10.7. The van der Waals surface area contributed by atoms with E-state index in [9.17, 15) is 9.18 Å². The van der Waals surface area contributed by atoms with Crippen LogP contribution in [0.4, 0.5) is 4.39 Å². The molecule has 2 aromatic rings. The summed E-state index contributed by atoms with van der Waals surface area (Å²) in [5.41, 5.74) is 2.11. The molecule has 0 saturated heterocycles. The first kappa shape index (κ1) is 12.5. The maximum absolute atomic E-state index is 13.6. The maximum Gasteiger partial charge on any atom is 0.254 e. The number of halogens is 1. The largest absolute Gasteiger partial charge is 0.310 e. The minimum atomic E-state index is -0.285. The van der Waals surface area contributed by atoms with E-state index < -0.39 is 0 Å². The van der Waals surface area contributed by atoms with Crippen LogP contribution in [0.3, 0.4) is 0 Å². The highest BCUT2D eigenvalue weighted by molar-refractivity contribution is 5.62. The van der Waals surface area contributed by atoms with Gasteiger partial charge in [-0.3, -0.25) is 4.79 Å². The van der Waals surface area contributed by atoms with Gasteiger partial charge in [-0.1, -0.05) is 19.1 Å². The van der Waals surface area contributed by atoms with Crippen LogP contribution in [0.5, 0.6) is 0 Å². The van der Waals surface area contributed by atoms with Crippen LogP contribution in [-0.2, 0) is 6.42 Å². The molecule has 1 aromatic carbocycles. The van der Waals surface area contributed by atoms with Gasteiger partial charge in [-0.2, -0.15) is 0 Å². The van der Waals surface area contributed by atoms with E-state index in [1.807, 2.05) is 6.92 Å². The summed E-state index contributed by atoms with van der Waals surface area (Å²) in [4.78, 5) is 18.8. The molecule has 0 bridgehead atoms. The number of benzene rings is 1. The Labute approximate surface area is 105 Å². The summed E-state index contributed by atoms with van der Waals surface area (Å²) in [6.45, 7) is 5.31. The van der Waals surface area contributed by atoms with Gasteiger partial charge in [-0.15, -0.1) is 0 Å². The second-order valence-electron chi connectivity index (χ2n) is 4.30. The van der Waals surface area contributed by atoms with E-state index in [1.165, 1.54) is 6.07 Å². The fourth-order valence-corrected chi connectivity index (χ4v) is 1.77. The van der Waals surface area contributed by atoms with Crippen LogP contribution >= 0.6 is 0 Å².